The van der Waals surface area contributed by atoms with Gasteiger partial charge in [-0.1, -0.05) is 81.1 Å². The van der Waals surface area contributed by atoms with Crippen molar-refractivity contribution in [1.82, 2.24) is 20.9 Å². The lowest BCUT2D eigenvalue weighted by Gasteiger charge is -2.39. The number of esters is 1. The predicted molar refractivity (Wildman–Crippen MR) is 179 cm³/mol. The lowest BCUT2D eigenvalue weighted by Crippen LogP contribution is -2.63. The van der Waals surface area contributed by atoms with Crippen molar-refractivity contribution < 1.29 is 33.5 Å². The molecule has 270 valence electrons. The van der Waals surface area contributed by atoms with Crippen molar-refractivity contribution in [1.29, 1.82) is 0 Å². The fourth-order valence-electron chi connectivity index (χ4n) is 7.37. The summed E-state index contributed by atoms with van der Waals surface area (Å²) >= 11 is 0. The lowest BCUT2D eigenvalue weighted by molar-refractivity contribution is -0.155. The SMILES string of the molecule is CC(C)C12C[C@H]1CN(C(=O)[C@@H](NC(=O)N[C@H](C(=O)OC(N)C1CC1)C(C)(C)C)C(C)(C)C)[C@@H]2C(=O)NC(CCCC1CC1)C(=O)C(N)=O. The van der Waals surface area contributed by atoms with Crippen LogP contribution in [0.1, 0.15) is 107 Å². The number of nitrogens with zero attached hydrogens (tertiary/aromatic N) is 1. The summed E-state index contributed by atoms with van der Waals surface area (Å²) in [5.41, 5.74) is 9.38. The summed E-state index contributed by atoms with van der Waals surface area (Å²) in [5.74, 6) is -2.70. The van der Waals surface area contributed by atoms with E-state index in [1.165, 1.54) is 4.90 Å². The normalized spacial score (nSPS) is 26.1. The molecule has 7 N–H and O–H groups in total. The van der Waals surface area contributed by atoms with Crippen LogP contribution in [0.4, 0.5) is 4.79 Å². The summed E-state index contributed by atoms with van der Waals surface area (Å²) in [5, 5.41) is 8.33. The number of rotatable bonds is 15. The number of carbonyl (C=O) groups excluding carboxylic acids is 6. The molecule has 5 amide bonds. The number of amides is 5. The summed E-state index contributed by atoms with van der Waals surface area (Å²) < 4.78 is 5.48. The molecule has 4 rings (SSSR count). The monoisotopic (exact) mass is 674 g/mol. The number of hydrogen-bond acceptors (Lipinski definition) is 8. The number of ether oxygens (including phenoxy) is 1. The number of ketones is 1. The van der Waals surface area contributed by atoms with Crippen LogP contribution in [-0.4, -0.2) is 77.3 Å². The van der Waals surface area contributed by atoms with Crippen LogP contribution in [0.5, 0.6) is 0 Å². The van der Waals surface area contributed by atoms with Crippen molar-refractivity contribution in [3.63, 3.8) is 0 Å². The first-order valence-electron chi connectivity index (χ1n) is 17.7. The molecule has 4 aliphatic rings. The predicted octanol–water partition coefficient (Wildman–Crippen LogP) is 2.35. The van der Waals surface area contributed by atoms with Gasteiger partial charge in [0.25, 0.3) is 5.91 Å². The van der Waals surface area contributed by atoms with Gasteiger partial charge in [-0.15, -0.1) is 0 Å². The van der Waals surface area contributed by atoms with Crippen molar-refractivity contribution in [3.8, 4) is 0 Å². The molecule has 4 fully saturated rings. The first kappa shape index (κ1) is 37.6. The van der Waals surface area contributed by atoms with Crippen molar-refractivity contribution in [2.45, 2.75) is 137 Å². The number of carbonyl (C=O) groups is 6. The summed E-state index contributed by atoms with van der Waals surface area (Å²) in [6, 6.07) is -4.82. The zero-order chi connectivity index (χ0) is 35.9. The van der Waals surface area contributed by atoms with Crippen molar-refractivity contribution in [3.05, 3.63) is 0 Å². The number of likely N-dealkylation sites (tertiary alicyclic amines) is 1. The first-order valence-corrected chi connectivity index (χ1v) is 17.7. The molecule has 3 unspecified atom stereocenters. The van der Waals surface area contributed by atoms with Gasteiger partial charge in [-0.25, -0.2) is 9.59 Å². The van der Waals surface area contributed by atoms with Crippen LogP contribution in [0, 0.1) is 39.9 Å². The van der Waals surface area contributed by atoms with E-state index in [1.807, 2.05) is 34.6 Å². The summed E-state index contributed by atoms with van der Waals surface area (Å²) in [6.45, 7) is 15.2. The van der Waals surface area contributed by atoms with E-state index in [2.05, 4.69) is 16.0 Å². The topological polar surface area (TPSA) is 203 Å². The van der Waals surface area contributed by atoms with E-state index >= 15 is 0 Å². The Kier molecular flexibility index (Phi) is 10.9. The highest BCUT2D eigenvalue weighted by Crippen LogP contribution is 2.66. The minimum Gasteiger partial charge on any atom is -0.445 e. The number of primary amides is 1. The van der Waals surface area contributed by atoms with Crippen molar-refractivity contribution in [2.24, 2.45) is 51.4 Å². The van der Waals surface area contributed by atoms with Gasteiger partial charge in [0, 0.05) is 17.9 Å². The van der Waals surface area contributed by atoms with E-state index in [-0.39, 0.29) is 24.2 Å². The quantitative estimate of drug-likeness (QED) is 0.0989. The third-order valence-electron chi connectivity index (χ3n) is 10.8. The van der Waals surface area contributed by atoms with Gasteiger partial charge in [0.15, 0.2) is 6.23 Å². The summed E-state index contributed by atoms with van der Waals surface area (Å²) in [6.07, 6.45) is 5.93. The molecule has 0 radical (unpaired) electrons. The van der Waals surface area contributed by atoms with Crippen LogP contribution in [0.3, 0.4) is 0 Å². The third-order valence-corrected chi connectivity index (χ3v) is 10.8. The van der Waals surface area contributed by atoms with Crippen LogP contribution >= 0.6 is 0 Å². The van der Waals surface area contributed by atoms with Gasteiger partial charge in [-0.2, -0.15) is 0 Å². The maximum atomic E-state index is 14.5. The average Bonchev–Trinajstić information content (AvgIpc) is 3.85. The number of nitrogens with two attached hydrogens (primary N) is 2. The Morgan fingerprint density at radius 2 is 1.48 bits per heavy atom. The van der Waals surface area contributed by atoms with Gasteiger partial charge in [-0.3, -0.25) is 24.9 Å². The van der Waals surface area contributed by atoms with E-state index in [1.54, 1.807) is 20.8 Å². The molecule has 0 spiro atoms. The highest BCUT2D eigenvalue weighted by atomic mass is 16.6. The summed E-state index contributed by atoms with van der Waals surface area (Å²) in [4.78, 5) is 81.5. The largest absolute Gasteiger partial charge is 0.445 e. The molecule has 1 heterocycles. The van der Waals surface area contributed by atoms with Crippen LogP contribution < -0.4 is 27.4 Å². The second-order valence-electron chi connectivity index (χ2n) is 17.2. The zero-order valence-corrected chi connectivity index (χ0v) is 30.0. The van der Waals surface area contributed by atoms with Crippen molar-refractivity contribution in [2.75, 3.05) is 6.54 Å². The second kappa shape index (κ2) is 14.0. The number of Topliss-reactive ketones (excluding diaryl/α,β-unsaturated/α-hetero) is 1. The van der Waals surface area contributed by atoms with Crippen LogP contribution in [0.25, 0.3) is 0 Å². The van der Waals surface area contributed by atoms with Crippen LogP contribution in [0.2, 0.25) is 0 Å². The number of hydrogen-bond donors (Lipinski definition) is 5. The van der Waals surface area contributed by atoms with Gasteiger partial charge < -0.3 is 31.3 Å². The molecular formula is C35H58N6O7. The molecule has 48 heavy (non-hydrogen) atoms. The lowest BCUT2D eigenvalue weighted by atomic mass is 9.82. The van der Waals surface area contributed by atoms with Crippen molar-refractivity contribution >= 4 is 35.5 Å². The first-order chi connectivity index (χ1) is 22.2. The van der Waals surface area contributed by atoms with E-state index in [4.69, 9.17) is 16.2 Å². The standard InChI is InChI=1S/C35H58N6O7/c1-18(2)35-16-21(35)17-41(26(35)29(44)38-22(23(42)27(36)43)11-9-10-19-12-13-19)30(45)24(33(3,4)5)39-32(47)40-25(34(6,7)8)31(46)48-28(37)20-14-15-20/h18-22,24-26,28H,9-17,37H2,1-8H3,(H2,36,43)(H,38,44)(H2,39,40,47)/t21-,22?,24+,25+,26+,28?,35?/m0/s1. The molecule has 0 aromatic rings. The Morgan fingerprint density at radius 1 is 0.896 bits per heavy atom. The molecule has 13 heteroatoms. The second-order valence-corrected chi connectivity index (χ2v) is 17.2. The molecule has 0 aromatic carbocycles. The molecular weight excluding hydrogens is 616 g/mol. The fourth-order valence-corrected chi connectivity index (χ4v) is 7.37. The smallest absolute Gasteiger partial charge is 0.330 e. The van der Waals surface area contributed by atoms with Gasteiger partial charge >= 0.3 is 12.0 Å². The molecule has 3 aliphatic carbocycles. The molecule has 7 atom stereocenters. The molecule has 3 saturated carbocycles. The van der Waals surface area contributed by atoms with Gasteiger partial charge in [0.1, 0.15) is 18.1 Å². The molecule has 0 aromatic heterocycles. The van der Waals surface area contributed by atoms with E-state index < -0.39 is 82.1 Å². The molecule has 0 bridgehead atoms. The highest BCUT2D eigenvalue weighted by Gasteiger charge is 2.70. The number of nitrogens with one attached hydrogen (secondary N) is 3. The number of fused-ring (bicyclic) bond motifs is 1. The van der Waals surface area contributed by atoms with Crippen LogP contribution in [-0.2, 0) is 28.7 Å². The molecule has 1 aliphatic heterocycles. The Balaban J connectivity index is 1.53. The van der Waals surface area contributed by atoms with Gasteiger partial charge in [-0.05, 0) is 54.3 Å². The zero-order valence-electron chi connectivity index (χ0n) is 30.0. The van der Waals surface area contributed by atoms with E-state index in [0.29, 0.717) is 18.9 Å². The van der Waals surface area contributed by atoms with Gasteiger partial charge in [0.05, 0.1) is 6.04 Å². The minimum atomic E-state index is -1.11. The molecule has 1 saturated heterocycles. The van der Waals surface area contributed by atoms with Crippen LogP contribution in [0.15, 0.2) is 0 Å². The Hall–Kier alpha value is -3.22. The average molecular weight is 675 g/mol. The third kappa shape index (κ3) is 8.49. The van der Waals surface area contributed by atoms with E-state index in [0.717, 1.165) is 38.5 Å². The maximum absolute atomic E-state index is 14.5. The Morgan fingerprint density at radius 3 is 1.98 bits per heavy atom. The van der Waals surface area contributed by atoms with Gasteiger partial charge in [0.2, 0.25) is 17.6 Å². The number of urea groups is 1. The van der Waals surface area contributed by atoms with E-state index in [9.17, 15) is 28.8 Å². The number of piperidine rings is 1. The highest BCUT2D eigenvalue weighted by molar-refractivity contribution is 6.37. The maximum Gasteiger partial charge on any atom is 0.330 e. The fraction of sp³-hybridized carbons (Fsp3) is 0.829. The minimum absolute atomic E-state index is 0.0427. The Labute approximate surface area is 284 Å². The molecule has 13 nitrogen and oxygen atoms in total. The summed E-state index contributed by atoms with van der Waals surface area (Å²) in [7, 11) is 0. The Bertz CT molecular complexity index is 1280.